The molecule has 6 nitrogen and oxygen atoms in total. The third kappa shape index (κ3) is 6.73. The van der Waals surface area contributed by atoms with Gasteiger partial charge < -0.3 is 15.5 Å². The number of carbonyl (C=O) groups is 1. The summed E-state index contributed by atoms with van der Waals surface area (Å²) < 4.78 is 0. The molecule has 2 heterocycles. The Balaban J connectivity index is 0.00000312. The van der Waals surface area contributed by atoms with Gasteiger partial charge in [-0.05, 0) is 6.42 Å². The van der Waals surface area contributed by atoms with Gasteiger partial charge in [0.2, 0.25) is 5.91 Å². The fourth-order valence-electron chi connectivity index (χ4n) is 2.73. The monoisotopic (exact) mass is 479 g/mol. The maximum absolute atomic E-state index is 11.7. The molecular weight excluding hydrogens is 449 g/mol. The number of guanidine groups is 1. The van der Waals surface area contributed by atoms with Crippen LogP contribution in [-0.4, -0.2) is 54.5 Å². The Morgan fingerprint density at radius 3 is 2.88 bits per heavy atom. The zero-order valence-corrected chi connectivity index (χ0v) is 18.7. The van der Waals surface area contributed by atoms with Crippen molar-refractivity contribution in [2.24, 2.45) is 4.99 Å². The number of nitrogens with one attached hydrogen (secondary N) is 2. The minimum atomic E-state index is 0. The Hall–Kier alpha value is -0.900. The first-order valence-corrected chi connectivity index (χ1v) is 9.60. The minimum Gasteiger partial charge on any atom is -0.356 e. The normalized spacial score (nSPS) is 17.6. The summed E-state index contributed by atoms with van der Waals surface area (Å²) in [5.74, 6) is 1.51. The lowest BCUT2D eigenvalue weighted by Crippen LogP contribution is -2.45. The molecule has 142 valence electrons. The Morgan fingerprint density at radius 1 is 1.52 bits per heavy atom. The number of hydrogen-bond donors (Lipinski definition) is 2. The molecule has 1 amide bonds. The lowest BCUT2D eigenvalue weighted by atomic mass is 10.2. The molecule has 0 bridgehead atoms. The molecule has 2 rings (SSSR count). The average molecular weight is 479 g/mol. The Kier molecular flexibility index (Phi) is 9.70. The zero-order chi connectivity index (χ0) is 17.5. The van der Waals surface area contributed by atoms with Gasteiger partial charge in [-0.15, -0.1) is 35.3 Å². The Morgan fingerprint density at radius 2 is 2.28 bits per heavy atom. The molecule has 2 N–H and O–H groups in total. The molecule has 1 aromatic heterocycles. The molecule has 1 unspecified atom stereocenters. The number of likely N-dealkylation sites (tertiary alicyclic amines) is 1. The highest BCUT2D eigenvalue weighted by molar-refractivity contribution is 14.0. The summed E-state index contributed by atoms with van der Waals surface area (Å²) >= 11 is 1.73. The second-order valence-electron chi connectivity index (χ2n) is 6.40. The third-order valence-electron chi connectivity index (χ3n) is 4.14. The van der Waals surface area contributed by atoms with Crippen molar-refractivity contribution in [3.8, 4) is 0 Å². The van der Waals surface area contributed by atoms with Crippen LogP contribution < -0.4 is 10.6 Å². The van der Waals surface area contributed by atoms with Gasteiger partial charge in [0.15, 0.2) is 5.96 Å². The molecule has 0 aromatic carbocycles. The molecule has 1 fully saturated rings. The largest absolute Gasteiger partial charge is 0.356 e. The third-order valence-corrected chi connectivity index (χ3v) is 5.34. The lowest BCUT2D eigenvalue weighted by Gasteiger charge is -2.18. The van der Waals surface area contributed by atoms with Gasteiger partial charge in [-0.1, -0.05) is 20.8 Å². The van der Waals surface area contributed by atoms with Crippen molar-refractivity contribution in [1.82, 2.24) is 20.5 Å². The summed E-state index contributed by atoms with van der Waals surface area (Å²) in [5, 5.41) is 10.1. The van der Waals surface area contributed by atoms with Crippen LogP contribution in [0.1, 0.15) is 50.2 Å². The molecule has 1 aliphatic heterocycles. The van der Waals surface area contributed by atoms with Crippen LogP contribution in [0, 0.1) is 0 Å². The first kappa shape index (κ1) is 22.1. The Labute approximate surface area is 171 Å². The van der Waals surface area contributed by atoms with E-state index in [2.05, 4.69) is 39.8 Å². The fourth-order valence-corrected chi connectivity index (χ4v) is 3.60. The van der Waals surface area contributed by atoms with Crippen molar-refractivity contribution >= 4 is 47.2 Å². The number of aliphatic imine (C=N–C) groups is 1. The smallest absolute Gasteiger partial charge is 0.222 e. The van der Waals surface area contributed by atoms with Gasteiger partial charge in [0.25, 0.3) is 0 Å². The molecule has 0 aliphatic carbocycles. The van der Waals surface area contributed by atoms with E-state index in [1.807, 2.05) is 11.8 Å². The van der Waals surface area contributed by atoms with E-state index in [1.54, 1.807) is 18.4 Å². The van der Waals surface area contributed by atoms with Gasteiger partial charge in [-0.3, -0.25) is 9.79 Å². The summed E-state index contributed by atoms with van der Waals surface area (Å²) in [7, 11) is 1.78. The van der Waals surface area contributed by atoms with E-state index < -0.39 is 0 Å². The maximum atomic E-state index is 11.7. The van der Waals surface area contributed by atoms with Crippen molar-refractivity contribution in [3.63, 3.8) is 0 Å². The topological polar surface area (TPSA) is 69.6 Å². The lowest BCUT2D eigenvalue weighted by molar-refractivity contribution is -0.129. The van der Waals surface area contributed by atoms with Crippen molar-refractivity contribution in [3.05, 3.63) is 16.1 Å². The van der Waals surface area contributed by atoms with E-state index in [9.17, 15) is 4.79 Å². The SMILES string of the molecule is CCC(=O)N1CCC(NC(=NC)NCCc2csc(C(C)C)n2)C1.I. The van der Waals surface area contributed by atoms with E-state index in [-0.39, 0.29) is 35.9 Å². The van der Waals surface area contributed by atoms with Crippen molar-refractivity contribution < 1.29 is 4.79 Å². The molecule has 1 saturated heterocycles. The standard InChI is InChI=1S/C17H29N5OS.HI/c1-5-15(23)22-9-7-13(10-22)21-17(18-4)19-8-6-14-11-24-16(20-14)12(2)3;/h11-13H,5-10H2,1-4H3,(H2,18,19,21);1H. The molecule has 0 spiro atoms. The number of carbonyl (C=O) groups excluding carboxylic acids is 1. The predicted molar refractivity (Wildman–Crippen MR) is 115 cm³/mol. The average Bonchev–Trinajstić information content (AvgIpc) is 3.22. The highest BCUT2D eigenvalue weighted by Gasteiger charge is 2.25. The van der Waals surface area contributed by atoms with Crippen LogP contribution in [0.4, 0.5) is 0 Å². The minimum absolute atomic E-state index is 0. The fraction of sp³-hybridized carbons (Fsp3) is 0.706. The van der Waals surface area contributed by atoms with E-state index in [4.69, 9.17) is 0 Å². The number of halogens is 1. The number of amides is 1. The van der Waals surface area contributed by atoms with Crippen molar-refractivity contribution in [2.75, 3.05) is 26.7 Å². The van der Waals surface area contributed by atoms with Crippen LogP contribution in [0.25, 0.3) is 0 Å². The molecule has 0 radical (unpaired) electrons. The van der Waals surface area contributed by atoms with Crippen LogP contribution in [-0.2, 0) is 11.2 Å². The number of rotatable bonds is 6. The van der Waals surface area contributed by atoms with E-state index in [0.717, 1.165) is 44.1 Å². The predicted octanol–water partition coefficient (Wildman–Crippen LogP) is 2.60. The number of thiazole rings is 1. The van der Waals surface area contributed by atoms with Gasteiger partial charge in [0.1, 0.15) is 0 Å². The van der Waals surface area contributed by atoms with Crippen LogP contribution in [0.15, 0.2) is 10.4 Å². The summed E-state index contributed by atoms with van der Waals surface area (Å²) in [6.45, 7) is 8.63. The highest BCUT2D eigenvalue weighted by atomic mass is 127. The molecular formula is C17H30IN5OS. The summed E-state index contributed by atoms with van der Waals surface area (Å²) in [4.78, 5) is 22.6. The summed E-state index contributed by atoms with van der Waals surface area (Å²) in [6.07, 6.45) is 2.43. The molecule has 8 heteroatoms. The van der Waals surface area contributed by atoms with Crippen LogP contribution in [0.5, 0.6) is 0 Å². The van der Waals surface area contributed by atoms with Crippen LogP contribution >= 0.6 is 35.3 Å². The second kappa shape index (κ2) is 10.9. The van der Waals surface area contributed by atoms with Gasteiger partial charge in [-0.2, -0.15) is 0 Å². The maximum Gasteiger partial charge on any atom is 0.222 e. The zero-order valence-electron chi connectivity index (χ0n) is 15.5. The van der Waals surface area contributed by atoms with Crippen molar-refractivity contribution in [1.29, 1.82) is 0 Å². The molecule has 25 heavy (non-hydrogen) atoms. The van der Waals surface area contributed by atoms with E-state index in [1.165, 1.54) is 5.01 Å². The molecule has 1 aromatic rings. The first-order chi connectivity index (χ1) is 11.5. The van der Waals surface area contributed by atoms with E-state index in [0.29, 0.717) is 12.3 Å². The summed E-state index contributed by atoms with van der Waals surface area (Å²) in [5.41, 5.74) is 1.13. The van der Waals surface area contributed by atoms with Gasteiger partial charge in [-0.25, -0.2) is 4.98 Å². The Bertz CT molecular complexity index is 575. The molecule has 1 atom stereocenters. The quantitative estimate of drug-likeness (QED) is 0.374. The van der Waals surface area contributed by atoms with Gasteiger partial charge >= 0.3 is 0 Å². The number of nitrogens with zero attached hydrogens (tertiary/aromatic N) is 3. The van der Waals surface area contributed by atoms with Crippen LogP contribution in [0.3, 0.4) is 0 Å². The molecule has 1 aliphatic rings. The van der Waals surface area contributed by atoms with E-state index >= 15 is 0 Å². The van der Waals surface area contributed by atoms with Crippen LogP contribution in [0.2, 0.25) is 0 Å². The summed E-state index contributed by atoms with van der Waals surface area (Å²) in [6, 6.07) is 0.276. The second-order valence-corrected chi connectivity index (χ2v) is 7.29. The van der Waals surface area contributed by atoms with Crippen molar-refractivity contribution in [2.45, 2.75) is 52.0 Å². The highest BCUT2D eigenvalue weighted by Crippen LogP contribution is 2.19. The molecule has 0 saturated carbocycles. The van der Waals surface area contributed by atoms with Gasteiger partial charge in [0, 0.05) is 56.9 Å². The first-order valence-electron chi connectivity index (χ1n) is 8.72. The number of aromatic nitrogens is 1. The number of hydrogen-bond acceptors (Lipinski definition) is 4. The van der Waals surface area contributed by atoms with Gasteiger partial charge in [0.05, 0.1) is 10.7 Å².